The number of rotatable bonds is 7. The minimum atomic E-state index is -0.446. The molecule has 0 unspecified atom stereocenters. The molecule has 6 nitrogen and oxygen atoms in total. The third kappa shape index (κ3) is 3.91. The van der Waals surface area contributed by atoms with Gasteiger partial charge in [0.1, 0.15) is 5.39 Å². The summed E-state index contributed by atoms with van der Waals surface area (Å²) in [4.78, 5) is 21.1. The number of nitrogens with zero attached hydrogens (tertiary/aromatic N) is 3. The van der Waals surface area contributed by atoms with E-state index in [4.69, 9.17) is 4.74 Å². The van der Waals surface area contributed by atoms with Gasteiger partial charge in [0.2, 0.25) is 5.88 Å². The molecule has 2 heterocycles. The van der Waals surface area contributed by atoms with Gasteiger partial charge in [-0.1, -0.05) is 49.7 Å². The van der Waals surface area contributed by atoms with E-state index >= 15 is 0 Å². The van der Waals surface area contributed by atoms with Crippen molar-refractivity contribution in [3.8, 4) is 5.88 Å². The van der Waals surface area contributed by atoms with Gasteiger partial charge in [-0.2, -0.15) is 10.1 Å². The number of ether oxygens (including phenoxy) is 1. The fourth-order valence-electron chi connectivity index (χ4n) is 2.17. The summed E-state index contributed by atoms with van der Waals surface area (Å²) in [6.45, 7) is 2.17. The number of benzene rings is 1. The predicted molar refractivity (Wildman–Crippen MR) is 93.3 cm³/mol. The van der Waals surface area contributed by atoms with E-state index in [1.165, 1.54) is 12.8 Å². The molecule has 124 valence electrons. The van der Waals surface area contributed by atoms with Crippen LogP contribution in [0.4, 0.5) is 0 Å². The van der Waals surface area contributed by atoms with Crippen LogP contribution in [0.5, 0.6) is 5.88 Å². The Bertz CT molecular complexity index is 820. The van der Waals surface area contributed by atoms with E-state index in [-0.39, 0.29) is 5.88 Å². The molecule has 24 heavy (non-hydrogen) atoms. The van der Waals surface area contributed by atoms with Crippen LogP contribution < -0.4 is 4.74 Å². The van der Waals surface area contributed by atoms with Crippen LogP contribution in [-0.2, 0) is 0 Å². The molecule has 2 aromatic heterocycles. The summed E-state index contributed by atoms with van der Waals surface area (Å²) >= 11 is 1.55. The summed E-state index contributed by atoms with van der Waals surface area (Å²) in [5.41, 5.74) is 1.05. The number of aromatic amines is 1. The number of fused-ring (bicyclic) bond motifs is 1. The summed E-state index contributed by atoms with van der Waals surface area (Å²) in [5, 5.41) is 7.95. The zero-order valence-electron chi connectivity index (χ0n) is 13.4. The molecular formula is C17H18N4O2S. The lowest BCUT2D eigenvalue weighted by Crippen LogP contribution is -2.10. The molecule has 0 atom stereocenters. The second-order valence-electron chi connectivity index (χ2n) is 5.25. The van der Waals surface area contributed by atoms with Crippen LogP contribution >= 0.6 is 11.8 Å². The number of nitrogens with one attached hydrogen (secondary N) is 1. The van der Waals surface area contributed by atoms with Crippen molar-refractivity contribution in [3.63, 3.8) is 0 Å². The molecule has 0 radical (unpaired) electrons. The van der Waals surface area contributed by atoms with E-state index in [0.717, 1.165) is 12.2 Å². The summed E-state index contributed by atoms with van der Waals surface area (Å²) in [5.74, 6) is 0.721. The Labute approximate surface area is 144 Å². The number of carbonyl (C=O) groups is 1. The molecule has 0 saturated heterocycles. The van der Waals surface area contributed by atoms with E-state index in [2.05, 4.69) is 27.1 Å². The van der Waals surface area contributed by atoms with Gasteiger partial charge in [-0.05, 0) is 18.6 Å². The van der Waals surface area contributed by atoms with Crippen molar-refractivity contribution in [2.45, 2.75) is 31.3 Å². The third-order valence-corrected chi connectivity index (χ3v) is 4.37. The van der Waals surface area contributed by atoms with Crippen LogP contribution in [0, 0.1) is 0 Å². The number of unbranched alkanes of at least 4 members (excludes halogenated alkanes) is 2. The van der Waals surface area contributed by atoms with Crippen LogP contribution in [0.3, 0.4) is 0 Å². The van der Waals surface area contributed by atoms with Crippen LogP contribution in [0.25, 0.3) is 11.0 Å². The van der Waals surface area contributed by atoms with Gasteiger partial charge in [-0.3, -0.25) is 5.10 Å². The quantitative estimate of drug-likeness (QED) is 0.304. The Kier molecular flexibility index (Phi) is 5.43. The molecule has 0 spiro atoms. The highest BCUT2D eigenvalue weighted by Gasteiger charge is 2.15. The summed E-state index contributed by atoms with van der Waals surface area (Å²) < 4.78 is 5.48. The smallest absolute Gasteiger partial charge is 0.344 e. The lowest BCUT2D eigenvalue weighted by atomic mass is 10.2. The van der Waals surface area contributed by atoms with Gasteiger partial charge in [0.05, 0.1) is 11.8 Å². The van der Waals surface area contributed by atoms with Crippen molar-refractivity contribution in [3.05, 3.63) is 42.1 Å². The Morgan fingerprint density at radius 2 is 2.04 bits per heavy atom. The fraction of sp³-hybridized carbons (Fsp3) is 0.294. The summed E-state index contributed by atoms with van der Waals surface area (Å²) in [7, 11) is 0. The standard InChI is InChI=1S/C17H18N4O2S/c1-2-3-7-10-24-17-19-14-13(11-18-21-14)15(20-17)23-16(22)12-8-5-4-6-9-12/h4-6,8-9,11H,2-3,7,10H2,1H3,(H,18,19,20,21). The molecule has 0 aliphatic heterocycles. The first kappa shape index (κ1) is 16.4. The number of thioether (sulfide) groups is 1. The molecule has 0 bridgehead atoms. The first-order valence-corrected chi connectivity index (χ1v) is 8.87. The highest BCUT2D eigenvalue weighted by atomic mass is 32.2. The molecule has 3 rings (SSSR count). The number of carbonyl (C=O) groups excluding carboxylic acids is 1. The third-order valence-electron chi connectivity index (χ3n) is 3.43. The Hall–Kier alpha value is -2.41. The van der Waals surface area contributed by atoms with Gasteiger partial charge in [-0.15, -0.1) is 0 Å². The van der Waals surface area contributed by atoms with Gasteiger partial charge < -0.3 is 4.74 Å². The first-order valence-electron chi connectivity index (χ1n) is 7.89. The van der Waals surface area contributed by atoms with Gasteiger partial charge in [-0.25, -0.2) is 9.78 Å². The van der Waals surface area contributed by atoms with Gasteiger partial charge >= 0.3 is 5.97 Å². The fourth-order valence-corrected chi connectivity index (χ4v) is 3.00. The van der Waals surface area contributed by atoms with E-state index in [1.54, 1.807) is 42.2 Å². The van der Waals surface area contributed by atoms with E-state index in [1.807, 2.05) is 6.07 Å². The Morgan fingerprint density at radius 1 is 1.21 bits per heavy atom. The number of hydrogen-bond acceptors (Lipinski definition) is 6. The molecule has 0 saturated carbocycles. The highest BCUT2D eigenvalue weighted by Crippen LogP contribution is 2.26. The molecule has 0 aliphatic rings. The molecule has 1 N–H and O–H groups in total. The molecule has 7 heteroatoms. The normalized spacial score (nSPS) is 10.9. The van der Waals surface area contributed by atoms with Crippen molar-refractivity contribution in [1.82, 2.24) is 20.2 Å². The van der Waals surface area contributed by atoms with Gasteiger partial charge in [0.25, 0.3) is 0 Å². The zero-order chi connectivity index (χ0) is 16.8. The number of esters is 1. The lowest BCUT2D eigenvalue weighted by Gasteiger charge is -2.06. The lowest BCUT2D eigenvalue weighted by molar-refractivity contribution is 0.0729. The van der Waals surface area contributed by atoms with Crippen LogP contribution in [0.1, 0.15) is 36.5 Å². The van der Waals surface area contributed by atoms with Crippen LogP contribution in [0.15, 0.2) is 41.7 Å². The Balaban J connectivity index is 1.80. The maximum atomic E-state index is 12.3. The minimum absolute atomic E-state index is 0.237. The number of H-pyrrole nitrogens is 1. The topological polar surface area (TPSA) is 80.8 Å². The zero-order valence-corrected chi connectivity index (χ0v) is 14.2. The average Bonchev–Trinajstić information content (AvgIpc) is 3.08. The van der Waals surface area contributed by atoms with Crippen molar-refractivity contribution < 1.29 is 9.53 Å². The number of hydrogen-bond donors (Lipinski definition) is 1. The monoisotopic (exact) mass is 342 g/mol. The van der Waals surface area contributed by atoms with Crippen LogP contribution in [-0.4, -0.2) is 31.9 Å². The van der Waals surface area contributed by atoms with Crippen LogP contribution in [0.2, 0.25) is 0 Å². The van der Waals surface area contributed by atoms with E-state index in [9.17, 15) is 4.79 Å². The second kappa shape index (κ2) is 7.92. The Morgan fingerprint density at radius 3 is 2.83 bits per heavy atom. The first-order chi connectivity index (χ1) is 11.8. The summed E-state index contributed by atoms with van der Waals surface area (Å²) in [6.07, 6.45) is 5.01. The molecule has 0 aliphatic carbocycles. The number of aromatic nitrogens is 4. The second-order valence-corrected chi connectivity index (χ2v) is 6.32. The van der Waals surface area contributed by atoms with Crippen molar-refractivity contribution >= 4 is 28.8 Å². The maximum absolute atomic E-state index is 12.3. The highest BCUT2D eigenvalue weighted by molar-refractivity contribution is 7.99. The molecule has 0 fully saturated rings. The largest absolute Gasteiger partial charge is 0.403 e. The maximum Gasteiger partial charge on any atom is 0.344 e. The molecule has 3 aromatic rings. The van der Waals surface area contributed by atoms with Gasteiger partial charge in [0, 0.05) is 5.75 Å². The average molecular weight is 342 g/mol. The predicted octanol–water partition coefficient (Wildman–Crippen LogP) is 3.85. The minimum Gasteiger partial charge on any atom is -0.403 e. The van der Waals surface area contributed by atoms with Gasteiger partial charge in [0.15, 0.2) is 10.8 Å². The van der Waals surface area contributed by atoms with Crippen molar-refractivity contribution in [2.24, 2.45) is 0 Å². The SMILES string of the molecule is CCCCCSc1nc(OC(=O)c2ccccc2)c2cn[nH]c2n1. The molecule has 1 aromatic carbocycles. The van der Waals surface area contributed by atoms with Crippen molar-refractivity contribution in [2.75, 3.05) is 5.75 Å². The molecular weight excluding hydrogens is 324 g/mol. The van der Waals surface area contributed by atoms with E-state index in [0.29, 0.717) is 21.8 Å². The summed E-state index contributed by atoms with van der Waals surface area (Å²) in [6, 6.07) is 8.84. The van der Waals surface area contributed by atoms with E-state index < -0.39 is 5.97 Å². The molecule has 0 amide bonds. The van der Waals surface area contributed by atoms with Crippen molar-refractivity contribution in [1.29, 1.82) is 0 Å².